The Morgan fingerprint density at radius 1 is 0.867 bits per heavy atom. The molecule has 250 valence electrons. The van der Waals surface area contributed by atoms with Crippen molar-refractivity contribution < 1.29 is 52.2 Å². The molecule has 14 N–H and O–H groups in total. The molecule has 0 bridgehead atoms. The van der Waals surface area contributed by atoms with E-state index in [-0.39, 0.29) is 37.6 Å². The van der Waals surface area contributed by atoms with E-state index < -0.39 is 66.2 Å². The molecule has 0 aliphatic rings. The molecule has 0 aromatic heterocycles. The number of nitrogens with one attached hydrogen (secondary N) is 6. The second-order valence-electron chi connectivity index (χ2n) is 9.22. The van der Waals surface area contributed by atoms with E-state index in [2.05, 4.69) is 21.3 Å². The average molecular weight is 648 g/mol. The van der Waals surface area contributed by atoms with Gasteiger partial charge in [-0.25, -0.2) is 4.79 Å². The zero-order valence-corrected chi connectivity index (χ0v) is 24.0. The number of aliphatic carboxylic acids is 2. The first kappa shape index (κ1) is 39.6. The third kappa shape index (κ3) is 16.1. The Hall–Kier alpha value is -5.43. The monoisotopic (exact) mass is 647 g/mol. The largest absolute Gasteiger partial charge is 0.490 e. The van der Waals surface area contributed by atoms with Crippen LogP contribution in [-0.2, 0) is 35.2 Å². The van der Waals surface area contributed by atoms with Gasteiger partial charge in [-0.05, 0) is 31.2 Å². The highest BCUT2D eigenvalue weighted by Crippen LogP contribution is 2.14. The molecule has 1 aromatic carbocycles. The highest BCUT2D eigenvalue weighted by Gasteiger charge is 2.38. The molecule has 2 unspecified atom stereocenters. The van der Waals surface area contributed by atoms with Gasteiger partial charge in [-0.2, -0.15) is 13.2 Å². The van der Waals surface area contributed by atoms with E-state index >= 15 is 0 Å². The lowest BCUT2D eigenvalue weighted by Gasteiger charge is -2.24. The van der Waals surface area contributed by atoms with Gasteiger partial charge in [0.25, 0.3) is 0 Å². The molecule has 0 saturated heterocycles. The van der Waals surface area contributed by atoms with E-state index in [1.54, 1.807) is 24.3 Å². The molecule has 17 nitrogen and oxygen atoms in total. The molecular weight excluding hydrogens is 611 g/mol. The molecule has 0 radical (unpaired) electrons. The lowest BCUT2D eigenvalue weighted by atomic mass is 9.96. The Morgan fingerprint density at radius 2 is 1.40 bits per heavy atom. The maximum Gasteiger partial charge on any atom is 0.490 e. The number of hydrogen-bond donors (Lipinski definition) is 11. The molecule has 0 aliphatic carbocycles. The fourth-order valence-electron chi connectivity index (χ4n) is 3.43. The number of nitrogens with two attached hydrogens (primary N) is 3. The highest BCUT2D eigenvalue weighted by molar-refractivity contribution is 6.02. The number of carboxylic acids is 2. The standard InChI is InChI=1S/C23H35N9O6.C2HF3O2/c1-29-20(36)14(11-12-4-6-13(7-5-12)18(24)25)21(37)32-16(8-9-17(33)34)22(38)31-15(19(26)35)3-2-10-30-23(27)28;3-2(4,5)1(6)7/h4-7,14-16H,2-3,8-11H2,1H3,(H3,24,25)(H2,26,35)(H,29,36)(H,31,38)(H,32,37)(H,33,34)(H4,27,28,30);(H,6,7)/t14-,15?,16?;/m0./s1. The molecule has 0 heterocycles. The van der Waals surface area contributed by atoms with Crippen molar-refractivity contribution >= 4 is 47.4 Å². The maximum absolute atomic E-state index is 13.1. The lowest BCUT2D eigenvalue weighted by molar-refractivity contribution is -0.192. The van der Waals surface area contributed by atoms with Crippen LogP contribution in [0.1, 0.15) is 36.8 Å². The fraction of sp³-hybridized carbons (Fsp3) is 0.440. The molecular formula is C25H36F3N9O8. The van der Waals surface area contributed by atoms with Gasteiger partial charge in [-0.3, -0.25) is 34.8 Å². The topological polar surface area (TPSA) is 317 Å². The molecule has 0 saturated carbocycles. The number of carbonyl (C=O) groups excluding carboxylic acids is 4. The van der Waals surface area contributed by atoms with Crippen LogP contribution in [0.4, 0.5) is 13.2 Å². The minimum Gasteiger partial charge on any atom is -0.481 e. The summed E-state index contributed by atoms with van der Waals surface area (Å²) in [6.07, 6.45) is -5.50. The van der Waals surface area contributed by atoms with Crippen LogP contribution in [0.3, 0.4) is 0 Å². The zero-order valence-electron chi connectivity index (χ0n) is 24.0. The predicted molar refractivity (Wildman–Crippen MR) is 151 cm³/mol. The average Bonchev–Trinajstić information content (AvgIpc) is 2.94. The first-order valence-corrected chi connectivity index (χ1v) is 12.9. The Balaban J connectivity index is 0.00000246. The number of amidine groups is 1. The summed E-state index contributed by atoms with van der Waals surface area (Å²) >= 11 is 0. The Labute approximate surface area is 254 Å². The Bertz CT molecular complexity index is 1240. The van der Waals surface area contributed by atoms with Crippen molar-refractivity contribution in [1.29, 1.82) is 10.8 Å². The van der Waals surface area contributed by atoms with Crippen molar-refractivity contribution in [3.05, 3.63) is 35.4 Å². The number of amides is 4. The molecule has 20 heteroatoms. The van der Waals surface area contributed by atoms with E-state index in [0.717, 1.165) is 0 Å². The SMILES string of the molecule is CNC(=O)[C@H](Cc1ccc(C(=N)N)cc1)C(=O)NC(CCC(=O)O)C(=O)NC(CCCNC(=N)N)C(N)=O.O=C(O)C(F)(F)F. The summed E-state index contributed by atoms with van der Waals surface area (Å²) in [5.74, 6) is -8.80. The number of carboxylic acid groups (broad SMARTS) is 2. The van der Waals surface area contributed by atoms with Crippen LogP contribution in [0.5, 0.6) is 0 Å². The zero-order chi connectivity index (χ0) is 34.9. The number of benzene rings is 1. The van der Waals surface area contributed by atoms with Crippen LogP contribution in [0.25, 0.3) is 0 Å². The summed E-state index contributed by atoms with van der Waals surface area (Å²) in [5, 5.41) is 40.6. The summed E-state index contributed by atoms with van der Waals surface area (Å²) in [6.45, 7) is 0.245. The molecule has 45 heavy (non-hydrogen) atoms. The van der Waals surface area contributed by atoms with Gasteiger partial charge >= 0.3 is 18.1 Å². The van der Waals surface area contributed by atoms with E-state index in [4.69, 9.17) is 43.0 Å². The van der Waals surface area contributed by atoms with Crippen molar-refractivity contribution in [2.75, 3.05) is 13.6 Å². The molecule has 1 aromatic rings. The van der Waals surface area contributed by atoms with Crippen molar-refractivity contribution in [3.63, 3.8) is 0 Å². The Kier molecular flexibility index (Phi) is 16.7. The van der Waals surface area contributed by atoms with Crippen LogP contribution in [0.15, 0.2) is 24.3 Å². The number of guanidine groups is 1. The molecule has 1 rings (SSSR count). The fourth-order valence-corrected chi connectivity index (χ4v) is 3.43. The van der Waals surface area contributed by atoms with Crippen molar-refractivity contribution in [3.8, 4) is 0 Å². The van der Waals surface area contributed by atoms with Crippen molar-refractivity contribution in [1.82, 2.24) is 21.3 Å². The third-order valence-corrected chi connectivity index (χ3v) is 5.75. The molecule has 0 aliphatic heterocycles. The van der Waals surface area contributed by atoms with Gasteiger partial charge in [0.15, 0.2) is 5.96 Å². The van der Waals surface area contributed by atoms with Gasteiger partial charge in [0.1, 0.15) is 23.8 Å². The van der Waals surface area contributed by atoms with Crippen LogP contribution < -0.4 is 38.5 Å². The normalized spacial score (nSPS) is 12.5. The van der Waals surface area contributed by atoms with Gasteiger partial charge in [-0.15, -0.1) is 0 Å². The van der Waals surface area contributed by atoms with Crippen molar-refractivity contribution in [2.45, 2.75) is 50.4 Å². The molecule has 0 spiro atoms. The number of carbonyl (C=O) groups is 6. The highest BCUT2D eigenvalue weighted by atomic mass is 19.4. The number of nitrogen functional groups attached to an aromatic ring is 1. The first-order valence-electron chi connectivity index (χ1n) is 12.9. The minimum atomic E-state index is -5.08. The van der Waals surface area contributed by atoms with E-state index in [1.807, 2.05) is 0 Å². The number of rotatable bonds is 16. The predicted octanol–water partition coefficient (Wildman–Crippen LogP) is -1.91. The van der Waals surface area contributed by atoms with Gasteiger partial charge in [0.05, 0.1) is 0 Å². The number of halogens is 3. The van der Waals surface area contributed by atoms with E-state index in [9.17, 15) is 37.1 Å². The minimum absolute atomic E-state index is 0.0516. The molecule has 0 fully saturated rings. The van der Waals surface area contributed by atoms with Gasteiger partial charge in [0.2, 0.25) is 23.6 Å². The van der Waals surface area contributed by atoms with Gasteiger partial charge in [-0.1, -0.05) is 24.3 Å². The maximum atomic E-state index is 13.1. The third-order valence-electron chi connectivity index (χ3n) is 5.75. The van der Waals surface area contributed by atoms with Crippen LogP contribution in [0.2, 0.25) is 0 Å². The van der Waals surface area contributed by atoms with Gasteiger partial charge in [0, 0.05) is 25.6 Å². The smallest absolute Gasteiger partial charge is 0.481 e. The summed E-state index contributed by atoms with van der Waals surface area (Å²) in [6, 6.07) is 3.84. The van der Waals surface area contributed by atoms with Gasteiger partial charge < -0.3 is 48.7 Å². The summed E-state index contributed by atoms with van der Waals surface area (Å²) < 4.78 is 31.7. The second kappa shape index (κ2) is 19.0. The van der Waals surface area contributed by atoms with Crippen LogP contribution in [0, 0.1) is 16.7 Å². The van der Waals surface area contributed by atoms with Crippen LogP contribution >= 0.6 is 0 Å². The summed E-state index contributed by atoms with van der Waals surface area (Å²) in [5.41, 5.74) is 17.1. The Morgan fingerprint density at radius 3 is 1.82 bits per heavy atom. The van der Waals surface area contributed by atoms with Crippen LogP contribution in [-0.4, -0.2) is 89.4 Å². The first-order chi connectivity index (χ1) is 20.8. The van der Waals surface area contributed by atoms with Crippen molar-refractivity contribution in [2.24, 2.45) is 23.1 Å². The molecule has 3 atom stereocenters. The number of alkyl halides is 3. The number of primary amides is 1. The molecule has 4 amide bonds. The number of hydrogen-bond acceptors (Lipinski definition) is 8. The summed E-state index contributed by atoms with van der Waals surface area (Å²) in [7, 11) is 1.34. The van der Waals surface area contributed by atoms with E-state index in [0.29, 0.717) is 17.5 Å². The second-order valence-corrected chi connectivity index (χ2v) is 9.22. The summed E-state index contributed by atoms with van der Waals surface area (Å²) in [4.78, 5) is 70.4. The van der Waals surface area contributed by atoms with E-state index in [1.165, 1.54) is 7.05 Å². The quantitative estimate of drug-likeness (QED) is 0.0407. The lowest BCUT2D eigenvalue weighted by Crippen LogP contribution is -2.55.